The van der Waals surface area contributed by atoms with E-state index in [2.05, 4.69) is 15.4 Å². The monoisotopic (exact) mass is 291 g/mol. The van der Waals surface area contributed by atoms with Gasteiger partial charge in [-0.2, -0.15) is 0 Å². The molecule has 0 fully saturated rings. The fourth-order valence-electron chi connectivity index (χ4n) is 1.84. The Labute approximate surface area is 121 Å². The number of hydrogen-bond donors (Lipinski definition) is 1. The van der Waals surface area contributed by atoms with Gasteiger partial charge in [0.25, 0.3) is 0 Å². The molecule has 2 aromatic rings. The van der Waals surface area contributed by atoms with Crippen molar-refractivity contribution in [3.05, 3.63) is 34.9 Å². The number of pyridine rings is 1. The van der Waals surface area contributed by atoms with E-state index in [0.717, 1.165) is 0 Å². The van der Waals surface area contributed by atoms with Gasteiger partial charge in [0, 0.05) is 26.9 Å². The average molecular weight is 291 g/mol. The van der Waals surface area contributed by atoms with Gasteiger partial charge in [-0.3, -0.25) is 14.3 Å². The van der Waals surface area contributed by atoms with Crippen LogP contribution in [0.3, 0.4) is 0 Å². The molecule has 0 aliphatic carbocycles. The molecule has 0 aromatic carbocycles. The van der Waals surface area contributed by atoms with Crippen molar-refractivity contribution >= 4 is 5.91 Å². The highest BCUT2D eigenvalue weighted by Gasteiger charge is 2.12. The first-order chi connectivity index (χ1) is 10.1. The van der Waals surface area contributed by atoms with Crippen LogP contribution >= 0.6 is 0 Å². The quantitative estimate of drug-likeness (QED) is 0.768. The SMILES string of the molecule is COCC(=O)NCCn1nc(-c2ccccn2)n(C)c1=O. The van der Waals surface area contributed by atoms with Crippen molar-refractivity contribution in [2.24, 2.45) is 7.05 Å². The van der Waals surface area contributed by atoms with Gasteiger partial charge in [0.05, 0.1) is 6.54 Å². The number of carbonyl (C=O) groups excluding carboxylic acids is 1. The number of nitrogens with one attached hydrogen (secondary N) is 1. The van der Waals surface area contributed by atoms with Crippen molar-refractivity contribution in [2.45, 2.75) is 6.54 Å². The zero-order valence-electron chi connectivity index (χ0n) is 11.9. The summed E-state index contributed by atoms with van der Waals surface area (Å²) in [5.74, 6) is 0.259. The molecule has 21 heavy (non-hydrogen) atoms. The molecule has 2 aromatic heterocycles. The van der Waals surface area contributed by atoms with E-state index < -0.39 is 0 Å². The molecular weight excluding hydrogens is 274 g/mol. The Hall–Kier alpha value is -2.48. The number of amides is 1. The van der Waals surface area contributed by atoms with E-state index in [1.54, 1.807) is 25.4 Å². The summed E-state index contributed by atoms with van der Waals surface area (Å²) in [4.78, 5) is 27.5. The molecule has 0 saturated heterocycles. The van der Waals surface area contributed by atoms with E-state index in [0.29, 0.717) is 18.1 Å². The maximum Gasteiger partial charge on any atom is 0.346 e. The maximum absolute atomic E-state index is 12.1. The van der Waals surface area contributed by atoms with Crippen LogP contribution in [0.15, 0.2) is 29.2 Å². The highest BCUT2D eigenvalue weighted by Crippen LogP contribution is 2.09. The normalized spacial score (nSPS) is 10.6. The Balaban J connectivity index is 2.09. The van der Waals surface area contributed by atoms with Gasteiger partial charge < -0.3 is 10.1 Å². The summed E-state index contributed by atoms with van der Waals surface area (Å²) in [6.45, 7) is 0.589. The molecule has 0 bridgehead atoms. The van der Waals surface area contributed by atoms with Gasteiger partial charge in [0.2, 0.25) is 5.91 Å². The van der Waals surface area contributed by atoms with Crippen molar-refractivity contribution < 1.29 is 9.53 Å². The summed E-state index contributed by atoms with van der Waals surface area (Å²) >= 11 is 0. The summed E-state index contributed by atoms with van der Waals surface area (Å²) in [6, 6.07) is 5.41. The van der Waals surface area contributed by atoms with Crippen molar-refractivity contribution in [3.63, 3.8) is 0 Å². The van der Waals surface area contributed by atoms with E-state index in [-0.39, 0.29) is 24.7 Å². The van der Waals surface area contributed by atoms with Crippen LogP contribution in [0.2, 0.25) is 0 Å². The lowest BCUT2D eigenvalue weighted by atomic mass is 10.3. The number of hydrogen-bond acceptors (Lipinski definition) is 5. The number of rotatable bonds is 6. The Kier molecular flexibility index (Phi) is 4.83. The van der Waals surface area contributed by atoms with Crippen LogP contribution in [-0.2, 0) is 23.1 Å². The molecule has 0 spiro atoms. The predicted octanol–water partition coefficient (Wildman–Crippen LogP) is -0.594. The topological polar surface area (TPSA) is 91.0 Å². The van der Waals surface area contributed by atoms with Gasteiger partial charge in [-0.25, -0.2) is 9.48 Å². The first kappa shape index (κ1) is 14.9. The average Bonchev–Trinajstić information content (AvgIpc) is 2.77. The van der Waals surface area contributed by atoms with Gasteiger partial charge in [-0.1, -0.05) is 6.07 Å². The van der Waals surface area contributed by atoms with E-state index in [9.17, 15) is 9.59 Å². The van der Waals surface area contributed by atoms with Crippen LogP contribution in [0.25, 0.3) is 11.5 Å². The zero-order chi connectivity index (χ0) is 15.2. The number of aromatic nitrogens is 4. The molecule has 8 nitrogen and oxygen atoms in total. The van der Waals surface area contributed by atoms with E-state index in [1.165, 1.54) is 16.4 Å². The van der Waals surface area contributed by atoms with Crippen LogP contribution in [0, 0.1) is 0 Å². The van der Waals surface area contributed by atoms with Gasteiger partial charge in [0.1, 0.15) is 12.3 Å². The summed E-state index contributed by atoms with van der Waals surface area (Å²) in [7, 11) is 3.08. The maximum atomic E-state index is 12.1. The minimum Gasteiger partial charge on any atom is -0.375 e. The number of ether oxygens (including phenoxy) is 1. The molecular formula is C13H17N5O3. The summed E-state index contributed by atoms with van der Waals surface area (Å²) in [5.41, 5.74) is 0.371. The molecule has 0 radical (unpaired) electrons. The summed E-state index contributed by atoms with van der Waals surface area (Å²) in [5, 5.41) is 6.88. The molecule has 2 heterocycles. The van der Waals surface area contributed by atoms with Gasteiger partial charge >= 0.3 is 5.69 Å². The minimum absolute atomic E-state index is 0.00367. The molecule has 1 N–H and O–H groups in total. The van der Waals surface area contributed by atoms with E-state index in [4.69, 9.17) is 4.74 Å². The van der Waals surface area contributed by atoms with Crippen molar-refractivity contribution in [3.8, 4) is 11.5 Å². The molecule has 0 saturated carbocycles. The first-order valence-corrected chi connectivity index (χ1v) is 6.44. The fraction of sp³-hybridized carbons (Fsp3) is 0.385. The fourth-order valence-corrected chi connectivity index (χ4v) is 1.84. The first-order valence-electron chi connectivity index (χ1n) is 6.44. The third kappa shape index (κ3) is 3.54. The van der Waals surface area contributed by atoms with E-state index in [1.807, 2.05) is 6.07 Å². The van der Waals surface area contributed by atoms with Crippen LogP contribution < -0.4 is 11.0 Å². The van der Waals surface area contributed by atoms with Crippen molar-refractivity contribution in [1.29, 1.82) is 0 Å². The minimum atomic E-state index is -0.253. The zero-order valence-corrected chi connectivity index (χ0v) is 11.9. The number of carbonyl (C=O) groups is 1. The lowest BCUT2D eigenvalue weighted by Crippen LogP contribution is -2.33. The lowest BCUT2D eigenvalue weighted by molar-refractivity contribution is -0.124. The second-order valence-corrected chi connectivity index (χ2v) is 4.39. The highest BCUT2D eigenvalue weighted by atomic mass is 16.5. The molecule has 112 valence electrons. The summed E-state index contributed by atoms with van der Waals surface area (Å²) in [6.07, 6.45) is 1.64. The third-order valence-corrected chi connectivity index (χ3v) is 2.86. The predicted molar refractivity (Wildman–Crippen MR) is 75.6 cm³/mol. The highest BCUT2D eigenvalue weighted by molar-refractivity contribution is 5.77. The second kappa shape index (κ2) is 6.80. The number of methoxy groups -OCH3 is 1. The van der Waals surface area contributed by atoms with Gasteiger partial charge in [-0.05, 0) is 12.1 Å². The molecule has 0 aliphatic rings. The van der Waals surface area contributed by atoms with Crippen LogP contribution in [0.5, 0.6) is 0 Å². The molecule has 0 atom stereocenters. The standard InChI is InChI=1S/C13H17N5O3/c1-17-12(10-5-3-4-6-14-10)16-18(13(17)20)8-7-15-11(19)9-21-2/h3-6H,7-9H2,1-2H3,(H,15,19). The molecule has 0 unspecified atom stereocenters. The van der Waals surface area contributed by atoms with Crippen LogP contribution in [-0.4, -0.2) is 45.5 Å². The Morgan fingerprint density at radius 1 is 1.43 bits per heavy atom. The number of nitrogens with zero attached hydrogens (tertiary/aromatic N) is 4. The molecule has 1 amide bonds. The molecule has 2 rings (SSSR count). The van der Waals surface area contributed by atoms with Crippen LogP contribution in [0.1, 0.15) is 0 Å². The lowest BCUT2D eigenvalue weighted by Gasteiger charge is -2.03. The van der Waals surface area contributed by atoms with Crippen LogP contribution in [0.4, 0.5) is 0 Å². The van der Waals surface area contributed by atoms with E-state index >= 15 is 0 Å². The van der Waals surface area contributed by atoms with Gasteiger partial charge in [-0.15, -0.1) is 5.10 Å². The van der Waals surface area contributed by atoms with Crippen molar-refractivity contribution in [1.82, 2.24) is 24.6 Å². The Morgan fingerprint density at radius 3 is 2.90 bits per heavy atom. The summed E-state index contributed by atoms with van der Waals surface area (Å²) < 4.78 is 7.44. The third-order valence-electron chi connectivity index (χ3n) is 2.86. The Morgan fingerprint density at radius 2 is 2.24 bits per heavy atom. The second-order valence-electron chi connectivity index (χ2n) is 4.39. The van der Waals surface area contributed by atoms with Gasteiger partial charge in [0.15, 0.2) is 5.82 Å². The Bertz CT molecular complexity index is 662. The smallest absolute Gasteiger partial charge is 0.346 e. The van der Waals surface area contributed by atoms with Crippen molar-refractivity contribution in [2.75, 3.05) is 20.3 Å². The molecule has 8 heteroatoms. The largest absolute Gasteiger partial charge is 0.375 e. The molecule has 0 aliphatic heterocycles.